The molecule has 0 amide bonds. The number of halogens is 1. The summed E-state index contributed by atoms with van der Waals surface area (Å²) in [5, 5.41) is 13.8. The van der Waals surface area contributed by atoms with Crippen molar-refractivity contribution in [1.82, 2.24) is 0 Å². The fourth-order valence-electron chi connectivity index (χ4n) is 2.58. The number of hydrogen-bond acceptors (Lipinski definition) is 3. The van der Waals surface area contributed by atoms with Crippen molar-refractivity contribution in [2.24, 2.45) is 11.8 Å². The van der Waals surface area contributed by atoms with Gasteiger partial charge in [0.15, 0.2) is 0 Å². The molecule has 2 rings (SSSR count). The molecule has 0 heterocycles. The Morgan fingerprint density at radius 1 is 1.32 bits per heavy atom. The summed E-state index contributed by atoms with van der Waals surface area (Å²) in [4.78, 5) is 10.1. The van der Waals surface area contributed by atoms with Crippen LogP contribution < -0.4 is 5.32 Å². The van der Waals surface area contributed by atoms with Crippen molar-refractivity contribution in [2.45, 2.75) is 32.6 Å². The van der Waals surface area contributed by atoms with Crippen LogP contribution in [0.2, 0.25) is 0 Å². The Morgan fingerprint density at radius 3 is 2.63 bits per heavy atom. The summed E-state index contributed by atoms with van der Waals surface area (Å²) >= 11 is 0. The summed E-state index contributed by atoms with van der Waals surface area (Å²) in [6, 6.07) is 3.63. The molecular weight excluding hydrogens is 247 g/mol. The second-order valence-electron chi connectivity index (χ2n) is 5.46. The average Bonchev–Trinajstić information content (AvgIpc) is 2.37. The standard InChI is InChI=1S/C14H19FN2O2/c1-10-2-4-11(5-3-10)9-16-13-6-12(15)7-14(8-13)17(18)19/h6-8,10-11,16H,2-5,9H2,1H3. The van der Waals surface area contributed by atoms with Crippen LogP contribution in [-0.2, 0) is 0 Å². The van der Waals surface area contributed by atoms with Crippen molar-refractivity contribution < 1.29 is 9.31 Å². The van der Waals surface area contributed by atoms with Crippen LogP contribution >= 0.6 is 0 Å². The Hall–Kier alpha value is -1.65. The number of nitrogens with one attached hydrogen (secondary N) is 1. The third kappa shape index (κ3) is 3.91. The topological polar surface area (TPSA) is 55.2 Å². The second-order valence-corrected chi connectivity index (χ2v) is 5.46. The van der Waals surface area contributed by atoms with Gasteiger partial charge < -0.3 is 5.32 Å². The van der Waals surface area contributed by atoms with Crippen LogP contribution in [0.25, 0.3) is 0 Å². The molecule has 104 valence electrons. The van der Waals surface area contributed by atoms with E-state index in [4.69, 9.17) is 0 Å². The SMILES string of the molecule is CC1CCC(CNc2cc(F)cc([N+](=O)[O-])c2)CC1. The van der Waals surface area contributed by atoms with Gasteiger partial charge >= 0.3 is 0 Å². The Balaban J connectivity index is 1.94. The Labute approximate surface area is 112 Å². The van der Waals surface area contributed by atoms with Crippen LogP contribution in [0.4, 0.5) is 15.8 Å². The van der Waals surface area contributed by atoms with Gasteiger partial charge in [0.25, 0.3) is 5.69 Å². The number of benzene rings is 1. The van der Waals surface area contributed by atoms with Gasteiger partial charge in [-0.3, -0.25) is 10.1 Å². The number of anilines is 1. The first-order valence-corrected chi connectivity index (χ1v) is 6.73. The molecule has 1 N–H and O–H groups in total. The molecule has 4 nitrogen and oxygen atoms in total. The van der Waals surface area contributed by atoms with Crippen LogP contribution in [0, 0.1) is 27.8 Å². The number of rotatable bonds is 4. The first kappa shape index (κ1) is 13.8. The highest BCUT2D eigenvalue weighted by molar-refractivity contribution is 5.51. The lowest BCUT2D eigenvalue weighted by Gasteiger charge is -2.26. The van der Waals surface area contributed by atoms with Crippen LogP contribution in [-0.4, -0.2) is 11.5 Å². The molecule has 1 aliphatic carbocycles. The van der Waals surface area contributed by atoms with E-state index in [9.17, 15) is 14.5 Å². The molecule has 0 atom stereocenters. The molecule has 1 aliphatic rings. The fourth-order valence-corrected chi connectivity index (χ4v) is 2.58. The minimum absolute atomic E-state index is 0.209. The van der Waals surface area contributed by atoms with Gasteiger partial charge in [-0.25, -0.2) is 4.39 Å². The predicted molar refractivity (Wildman–Crippen MR) is 72.7 cm³/mol. The molecule has 1 saturated carbocycles. The molecule has 19 heavy (non-hydrogen) atoms. The van der Waals surface area contributed by atoms with Crippen molar-refractivity contribution in [3.63, 3.8) is 0 Å². The highest BCUT2D eigenvalue weighted by Gasteiger charge is 2.18. The van der Waals surface area contributed by atoms with Crippen molar-refractivity contribution in [1.29, 1.82) is 0 Å². The smallest absolute Gasteiger partial charge is 0.274 e. The van der Waals surface area contributed by atoms with Crippen LogP contribution in [0.5, 0.6) is 0 Å². The monoisotopic (exact) mass is 266 g/mol. The van der Waals surface area contributed by atoms with Gasteiger partial charge in [-0.2, -0.15) is 0 Å². The summed E-state index contributed by atoms with van der Waals surface area (Å²) < 4.78 is 13.3. The maximum atomic E-state index is 13.3. The molecule has 1 aromatic carbocycles. The van der Waals surface area contributed by atoms with Crippen LogP contribution in [0.3, 0.4) is 0 Å². The van der Waals surface area contributed by atoms with Gasteiger partial charge in [0.05, 0.1) is 11.0 Å². The zero-order chi connectivity index (χ0) is 13.8. The van der Waals surface area contributed by atoms with Gasteiger partial charge in [0.2, 0.25) is 0 Å². The van der Waals surface area contributed by atoms with E-state index < -0.39 is 10.7 Å². The van der Waals surface area contributed by atoms with Crippen molar-refractivity contribution >= 4 is 11.4 Å². The largest absolute Gasteiger partial charge is 0.384 e. The van der Waals surface area contributed by atoms with Gasteiger partial charge in [0.1, 0.15) is 5.82 Å². The number of nitro benzene ring substituents is 1. The predicted octanol–water partition coefficient (Wildman–Crippen LogP) is 3.97. The Kier molecular flexibility index (Phi) is 4.35. The van der Waals surface area contributed by atoms with Crippen LogP contribution in [0.15, 0.2) is 18.2 Å². The first-order valence-electron chi connectivity index (χ1n) is 6.73. The lowest BCUT2D eigenvalue weighted by molar-refractivity contribution is -0.385. The Bertz CT molecular complexity index is 457. The van der Waals surface area contributed by atoms with Crippen molar-refractivity contribution in [3.8, 4) is 0 Å². The molecule has 0 aliphatic heterocycles. The molecule has 1 fully saturated rings. The van der Waals surface area contributed by atoms with Gasteiger partial charge in [0, 0.05) is 18.3 Å². The normalized spacial score (nSPS) is 23.1. The lowest BCUT2D eigenvalue weighted by atomic mass is 9.83. The van der Waals surface area contributed by atoms with Gasteiger partial charge in [-0.1, -0.05) is 19.8 Å². The fraction of sp³-hybridized carbons (Fsp3) is 0.571. The maximum absolute atomic E-state index is 13.3. The lowest BCUT2D eigenvalue weighted by Crippen LogP contribution is -2.20. The maximum Gasteiger partial charge on any atom is 0.274 e. The minimum atomic E-state index is -0.575. The van der Waals surface area contributed by atoms with E-state index >= 15 is 0 Å². The van der Waals surface area contributed by atoms with E-state index in [-0.39, 0.29) is 5.69 Å². The zero-order valence-electron chi connectivity index (χ0n) is 11.1. The van der Waals surface area contributed by atoms with Gasteiger partial charge in [-0.15, -0.1) is 0 Å². The summed E-state index contributed by atoms with van der Waals surface area (Å²) in [5.74, 6) is 0.805. The molecule has 0 unspecified atom stereocenters. The van der Waals surface area contributed by atoms with Crippen LogP contribution in [0.1, 0.15) is 32.6 Å². The number of non-ortho nitro benzene ring substituents is 1. The summed E-state index contributed by atoms with van der Waals surface area (Å²) in [6.45, 7) is 3.02. The zero-order valence-corrected chi connectivity index (χ0v) is 11.1. The first-order chi connectivity index (χ1) is 9.04. The highest BCUT2D eigenvalue weighted by Crippen LogP contribution is 2.29. The third-order valence-corrected chi connectivity index (χ3v) is 3.82. The summed E-state index contributed by atoms with van der Waals surface area (Å²) in [5.41, 5.74) is 0.282. The second kappa shape index (κ2) is 5.99. The van der Waals surface area contributed by atoms with Crippen molar-refractivity contribution in [2.75, 3.05) is 11.9 Å². The molecule has 0 spiro atoms. The molecular formula is C14H19FN2O2. The Morgan fingerprint density at radius 2 is 2.00 bits per heavy atom. The molecule has 0 bridgehead atoms. The van der Waals surface area contributed by atoms with E-state index in [2.05, 4.69) is 12.2 Å². The van der Waals surface area contributed by atoms with Gasteiger partial charge in [-0.05, 0) is 30.7 Å². The minimum Gasteiger partial charge on any atom is -0.384 e. The van der Waals surface area contributed by atoms with E-state index in [0.29, 0.717) is 11.6 Å². The molecule has 0 aromatic heterocycles. The van der Waals surface area contributed by atoms with E-state index in [1.54, 1.807) is 0 Å². The highest BCUT2D eigenvalue weighted by atomic mass is 19.1. The average molecular weight is 266 g/mol. The third-order valence-electron chi connectivity index (χ3n) is 3.82. The van der Waals surface area contributed by atoms with E-state index in [0.717, 1.165) is 18.5 Å². The quantitative estimate of drug-likeness (QED) is 0.662. The molecule has 1 aromatic rings. The number of nitro groups is 1. The van der Waals surface area contributed by atoms with E-state index in [1.807, 2.05) is 0 Å². The summed E-state index contributed by atoms with van der Waals surface area (Å²) in [7, 11) is 0. The molecule has 0 saturated heterocycles. The van der Waals surface area contributed by atoms with E-state index in [1.165, 1.54) is 37.8 Å². The van der Waals surface area contributed by atoms with Crippen molar-refractivity contribution in [3.05, 3.63) is 34.1 Å². The summed E-state index contributed by atoms with van der Waals surface area (Å²) in [6.07, 6.45) is 4.81. The molecule has 0 radical (unpaired) electrons. The molecule has 5 heteroatoms. The number of hydrogen-bond donors (Lipinski definition) is 1. The number of nitrogens with zero attached hydrogens (tertiary/aromatic N) is 1.